The molecule has 1 N–H and O–H groups in total. The largest absolute Gasteiger partial charge is 0.450 e. The van der Waals surface area contributed by atoms with E-state index >= 15 is 0 Å². The van der Waals surface area contributed by atoms with E-state index in [-0.39, 0.29) is 6.09 Å². The molecule has 1 aromatic heterocycles. The molecule has 2 aliphatic heterocycles. The number of nitrogens with one attached hydrogen (secondary N) is 1. The van der Waals surface area contributed by atoms with E-state index in [4.69, 9.17) is 9.72 Å². The molecule has 2 aromatic rings. The van der Waals surface area contributed by atoms with Crippen LogP contribution in [0.25, 0.3) is 0 Å². The zero-order chi connectivity index (χ0) is 19.3. The molecular formula is C21H27N5O2. The van der Waals surface area contributed by atoms with Crippen LogP contribution < -0.4 is 10.2 Å². The van der Waals surface area contributed by atoms with E-state index in [0.29, 0.717) is 25.7 Å². The third kappa shape index (κ3) is 4.18. The van der Waals surface area contributed by atoms with Gasteiger partial charge in [-0.05, 0) is 43.4 Å². The minimum Gasteiger partial charge on any atom is -0.450 e. The molecular weight excluding hydrogens is 354 g/mol. The molecule has 2 aliphatic rings. The summed E-state index contributed by atoms with van der Waals surface area (Å²) < 4.78 is 5.08. The lowest BCUT2D eigenvalue weighted by atomic mass is 10.0. The number of carbonyl (C=O) groups is 1. The highest BCUT2D eigenvalue weighted by atomic mass is 16.6. The predicted molar refractivity (Wildman–Crippen MR) is 108 cm³/mol. The number of fused-ring (bicyclic) bond motifs is 1. The maximum Gasteiger partial charge on any atom is 0.409 e. The van der Waals surface area contributed by atoms with E-state index in [0.717, 1.165) is 44.1 Å². The SMILES string of the molecule is CCOC(=O)N1CCC(Nc2ccnc(N3CCc4ccccc4C3)n2)CC1. The van der Waals surface area contributed by atoms with Gasteiger partial charge in [0.1, 0.15) is 5.82 Å². The maximum atomic E-state index is 11.8. The number of rotatable bonds is 4. The zero-order valence-electron chi connectivity index (χ0n) is 16.3. The van der Waals surface area contributed by atoms with Gasteiger partial charge < -0.3 is 19.9 Å². The lowest BCUT2D eigenvalue weighted by Gasteiger charge is -2.32. The summed E-state index contributed by atoms with van der Waals surface area (Å²) in [5, 5.41) is 3.51. The summed E-state index contributed by atoms with van der Waals surface area (Å²) in [5.74, 6) is 1.61. The molecule has 1 fully saturated rings. The Kier molecular flexibility index (Phi) is 5.60. The van der Waals surface area contributed by atoms with Crippen LogP contribution in [-0.2, 0) is 17.7 Å². The van der Waals surface area contributed by atoms with Crippen LogP contribution in [0.5, 0.6) is 0 Å². The van der Waals surface area contributed by atoms with Crippen LogP contribution in [0.2, 0.25) is 0 Å². The molecule has 7 nitrogen and oxygen atoms in total. The van der Waals surface area contributed by atoms with E-state index in [1.165, 1.54) is 11.1 Å². The summed E-state index contributed by atoms with van der Waals surface area (Å²) in [6, 6.07) is 10.8. The van der Waals surface area contributed by atoms with Gasteiger partial charge in [0, 0.05) is 38.4 Å². The highest BCUT2D eigenvalue weighted by molar-refractivity contribution is 5.67. The second-order valence-electron chi connectivity index (χ2n) is 7.29. The number of amides is 1. The quantitative estimate of drug-likeness (QED) is 0.878. The number of aromatic nitrogens is 2. The lowest BCUT2D eigenvalue weighted by molar-refractivity contribution is 0.0983. The van der Waals surface area contributed by atoms with Gasteiger partial charge in [0.2, 0.25) is 5.95 Å². The summed E-state index contributed by atoms with van der Waals surface area (Å²) in [5.41, 5.74) is 2.77. The maximum absolute atomic E-state index is 11.8. The van der Waals surface area contributed by atoms with Crippen molar-refractivity contribution in [1.29, 1.82) is 0 Å². The molecule has 28 heavy (non-hydrogen) atoms. The van der Waals surface area contributed by atoms with Crippen LogP contribution in [0.3, 0.4) is 0 Å². The van der Waals surface area contributed by atoms with Gasteiger partial charge in [-0.15, -0.1) is 0 Å². The van der Waals surface area contributed by atoms with Crippen molar-refractivity contribution in [2.75, 3.05) is 36.5 Å². The first-order valence-corrected chi connectivity index (χ1v) is 10.1. The third-order valence-electron chi connectivity index (χ3n) is 5.43. The molecule has 0 atom stereocenters. The second-order valence-corrected chi connectivity index (χ2v) is 7.29. The molecule has 0 bridgehead atoms. The molecule has 1 aromatic carbocycles. The van der Waals surface area contributed by atoms with Crippen molar-refractivity contribution in [2.45, 2.75) is 38.8 Å². The first-order chi connectivity index (χ1) is 13.7. The number of ether oxygens (including phenoxy) is 1. The summed E-state index contributed by atoms with van der Waals surface area (Å²) in [7, 11) is 0. The molecule has 0 unspecified atom stereocenters. The van der Waals surface area contributed by atoms with Crippen LogP contribution in [0.4, 0.5) is 16.6 Å². The lowest BCUT2D eigenvalue weighted by Crippen LogP contribution is -2.42. The summed E-state index contributed by atoms with van der Waals surface area (Å²) in [6.45, 7) is 5.44. The third-order valence-corrected chi connectivity index (χ3v) is 5.43. The van der Waals surface area contributed by atoms with Crippen LogP contribution in [-0.4, -0.2) is 53.2 Å². The Morgan fingerprint density at radius 1 is 1.18 bits per heavy atom. The molecule has 1 saturated heterocycles. The Morgan fingerprint density at radius 2 is 1.96 bits per heavy atom. The van der Waals surface area contributed by atoms with Crippen molar-refractivity contribution in [3.63, 3.8) is 0 Å². The molecule has 0 saturated carbocycles. The van der Waals surface area contributed by atoms with Crippen molar-refractivity contribution in [2.24, 2.45) is 0 Å². The average molecular weight is 381 g/mol. The van der Waals surface area contributed by atoms with Gasteiger partial charge in [0.15, 0.2) is 0 Å². The Morgan fingerprint density at radius 3 is 2.75 bits per heavy atom. The highest BCUT2D eigenvalue weighted by Gasteiger charge is 2.24. The van der Waals surface area contributed by atoms with Crippen molar-refractivity contribution < 1.29 is 9.53 Å². The Bertz CT molecular complexity index is 820. The topological polar surface area (TPSA) is 70.6 Å². The van der Waals surface area contributed by atoms with Crippen LogP contribution in [0.15, 0.2) is 36.5 Å². The number of anilines is 2. The molecule has 4 rings (SSSR count). The van der Waals surface area contributed by atoms with Gasteiger partial charge >= 0.3 is 6.09 Å². The van der Waals surface area contributed by atoms with Gasteiger partial charge in [-0.25, -0.2) is 9.78 Å². The monoisotopic (exact) mass is 381 g/mol. The molecule has 3 heterocycles. The van der Waals surface area contributed by atoms with Gasteiger partial charge in [0.05, 0.1) is 6.61 Å². The van der Waals surface area contributed by atoms with Gasteiger partial charge in [0.25, 0.3) is 0 Å². The minimum atomic E-state index is -0.212. The zero-order valence-corrected chi connectivity index (χ0v) is 16.3. The number of hydrogen-bond acceptors (Lipinski definition) is 6. The van der Waals surface area contributed by atoms with Crippen LogP contribution in [0.1, 0.15) is 30.9 Å². The fourth-order valence-electron chi connectivity index (χ4n) is 3.88. The van der Waals surface area contributed by atoms with Crippen molar-refractivity contribution in [3.05, 3.63) is 47.7 Å². The van der Waals surface area contributed by atoms with E-state index < -0.39 is 0 Å². The minimum absolute atomic E-state index is 0.212. The predicted octanol–water partition coefficient (Wildman–Crippen LogP) is 3.07. The smallest absolute Gasteiger partial charge is 0.409 e. The van der Waals surface area contributed by atoms with E-state index in [1.54, 1.807) is 4.90 Å². The number of carbonyl (C=O) groups excluding carboxylic acids is 1. The first kappa shape index (κ1) is 18.5. The van der Waals surface area contributed by atoms with Gasteiger partial charge in [-0.3, -0.25) is 0 Å². The van der Waals surface area contributed by atoms with Gasteiger partial charge in [-0.1, -0.05) is 24.3 Å². The summed E-state index contributed by atoms with van der Waals surface area (Å²) in [6.07, 6.45) is 4.39. The van der Waals surface area contributed by atoms with E-state index in [9.17, 15) is 4.79 Å². The number of piperidine rings is 1. The molecule has 0 radical (unpaired) electrons. The van der Waals surface area contributed by atoms with E-state index in [2.05, 4.69) is 39.5 Å². The van der Waals surface area contributed by atoms with Gasteiger partial charge in [-0.2, -0.15) is 4.98 Å². The number of hydrogen-bond donors (Lipinski definition) is 1. The van der Waals surface area contributed by atoms with Crippen LogP contribution >= 0.6 is 0 Å². The number of likely N-dealkylation sites (tertiary alicyclic amines) is 1. The Hall–Kier alpha value is -2.83. The first-order valence-electron chi connectivity index (χ1n) is 10.1. The molecule has 7 heteroatoms. The van der Waals surface area contributed by atoms with Crippen molar-refractivity contribution in [1.82, 2.24) is 14.9 Å². The standard InChI is InChI=1S/C21H27N5O2/c1-2-28-21(27)25-13-9-18(10-14-25)23-19-7-11-22-20(24-19)26-12-8-16-5-3-4-6-17(16)15-26/h3-7,11,18H,2,8-10,12-15H2,1H3,(H,22,23,24). The normalized spacial score (nSPS) is 17.2. The van der Waals surface area contributed by atoms with E-state index in [1.807, 2.05) is 19.2 Å². The second kappa shape index (κ2) is 8.46. The molecule has 148 valence electrons. The number of benzene rings is 1. The average Bonchev–Trinajstić information content (AvgIpc) is 2.74. The highest BCUT2D eigenvalue weighted by Crippen LogP contribution is 2.23. The van der Waals surface area contributed by atoms with Crippen LogP contribution in [0, 0.1) is 0 Å². The van der Waals surface area contributed by atoms with Crippen molar-refractivity contribution >= 4 is 17.9 Å². The fraction of sp³-hybridized carbons (Fsp3) is 0.476. The Labute approximate surface area is 165 Å². The summed E-state index contributed by atoms with van der Waals surface area (Å²) in [4.78, 5) is 25.1. The molecule has 0 spiro atoms. The Balaban J connectivity index is 1.36. The fourth-order valence-corrected chi connectivity index (χ4v) is 3.88. The molecule has 1 amide bonds. The molecule has 0 aliphatic carbocycles. The van der Waals surface area contributed by atoms with Crippen molar-refractivity contribution in [3.8, 4) is 0 Å². The number of nitrogens with zero attached hydrogens (tertiary/aromatic N) is 4. The summed E-state index contributed by atoms with van der Waals surface area (Å²) >= 11 is 0.